The van der Waals surface area contributed by atoms with Crippen molar-refractivity contribution < 1.29 is 13.2 Å². The van der Waals surface area contributed by atoms with Crippen molar-refractivity contribution in [1.29, 1.82) is 0 Å². The lowest BCUT2D eigenvalue weighted by molar-refractivity contribution is 0.296. The van der Waals surface area contributed by atoms with Crippen molar-refractivity contribution in [3.8, 4) is 0 Å². The number of rotatable bonds is 1. The van der Waals surface area contributed by atoms with Crippen LogP contribution in [0.3, 0.4) is 0 Å². The molecule has 2 aliphatic heterocycles. The fourth-order valence-corrected chi connectivity index (χ4v) is 3.93. The van der Waals surface area contributed by atoms with Crippen LogP contribution in [0.4, 0.5) is 0 Å². The highest BCUT2D eigenvalue weighted by molar-refractivity contribution is 7.91. The minimum atomic E-state index is -2.86. The first-order valence-corrected chi connectivity index (χ1v) is 6.88. The van der Waals surface area contributed by atoms with E-state index in [1.807, 2.05) is 30.3 Å². The molecule has 3 rings (SSSR count). The Labute approximate surface area is 89.0 Å². The van der Waals surface area contributed by atoms with Gasteiger partial charge in [-0.3, -0.25) is 0 Å². The molecule has 1 aromatic rings. The Morgan fingerprint density at radius 1 is 1.27 bits per heavy atom. The standard InChI is InChI=1S/C11H12O3S/c12-15(13)7-6-11(10(8-15)14-11)9-4-2-1-3-5-9/h1-5,10H,6-8H2/t10-,11+/m0/s1. The first-order chi connectivity index (χ1) is 7.12. The Kier molecular flexibility index (Phi) is 1.77. The molecule has 0 aromatic heterocycles. The molecule has 1 aromatic carbocycles. The van der Waals surface area contributed by atoms with E-state index in [-0.39, 0.29) is 23.2 Å². The van der Waals surface area contributed by atoms with E-state index < -0.39 is 9.84 Å². The van der Waals surface area contributed by atoms with E-state index in [0.717, 1.165) is 5.56 Å². The summed E-state index contributed by atoms with van der Waals surface area (Å²) in [6.45, 7) is 0. The van der Waals surface area contributed by atoms with Crippen LogP contribution in [0.1, 0.15) is 12.0 Å². The molecule has 0 bridgehead atoms. The molecular formula is C11H12O3S. The summed E-state index contributed by atoms with van der Waals surface area (Å²) in [5.41, 5.74) is 0.831. The van der Waals surface area contributed by atoms with Gasteiger partial charge in [-0.05, 0) is 12.0 Å². The van der Waals surface area contributed by atoms with E-state index in [9.17, 15) is 8.42 Å². The van der Waals surface area contributed by atoms with Crippen LogP contribution in [-0.4, -0.2) is 26.0 Å². The lowest BCUT2D eigenvalue weighted by atomic mass is 9.93. The second kappa shape index (κ2) is 2.83. The molecule has 4 heteroatoms. The van der Waals surface area contributed by atoms with Gasteiger partial charge in [0.15, 0.2) is 9.84 Å². The van der Waals surface area contributed by atoms with Crippen molar-refractivity contribution in [2.24, 2.45) is 0 Å². The van der Waals surface area contributed by atoms with E-state index in [0.29, 0.717) is 6.42 Å². The topological polar surface area (TPSA) is 46.7 Å². The quantitative estimate of drug-likeness (QED) is 0.671. The molecule has 0 spiro atoms. The van der Waals surface area contributed by atoms with Gasteiger partial charge in [-0.25, -0.2) is 8.42 Å². The molecule has 0 unspecified atom stereocenters. The lowest BCUT2D eigenvalue weighted by Gasteiger charge is -2.17. The molecule has 2 aliphatic rings. The fourth-order valence-electron chi connectivity index (χ4n) is 2.35. The van der Waals surface area contributed by atoms with E-state index in [1.165, 1.54) is 0 Å². The molecule has 2 heterocycles. The lowest BCUT2D eigenvalue weighted by Crippen LogP contribution is -2.30. The maximum absolute atomic E-state index is 11.4. The van der Waals surface area contributed by atoms with Crippen molar-refractivity contribution in [3.05, 3.63) is 35.9 Å². The summed E-state index contributed by atoms with van der Waals surface area (Å²) in [4.78, 5) is 0. The third kappa shape index (κ3) is 1.40. The largest absolute Gasteiger partial charge is 0.360 e. The Morgan fingerprint density at radius 2 is 2.00 bits per heavy atom. The molecule has 0 saturated carbocycles. The normalized spacial score (nSPS) is 36.9. The van der Waals surface area contributed by atoms with Crippen LogP contribution >= 0.6 is 0 Å². The SMILES string of the molecule is O=S1(=O)CC[C@]2(c3ccccc3)O[C@H]2C1. The van der Waals surface area contributed by atoms with E-state index in [2.05, 4.69) is 0 Å². The van der Waals surface area contributed by atoms with Crippen LogP contribution in [0.2, 0.25) is 0 Å². The number of fused-ring (bicyclic) bond motifs is 1. The Morgan fingerprint density at radius 3 is 2.67 bits per heavy atom. The number of epoxide rings is 1. The Hall–Kier alpha value is -0.870. The number of hydrogen-bond acceptors (Lipinski definition) is 3. The summed E-state index contributed by atoms with van der Waals surface area (Å²) in [5.74, 6) is 0.431. The smallest absolute Gasteiger partial charge is 0.153 e. The highest BCUT2D eigenvalue weighted by Crippen LogP contribution is 2.52. The summed E-state index contributed by atoms with van der Waals surface area (Å²) in [6.07, 6.45) is 0.489. The van der Waals surface area contributed by atoms with Gasteiger partial charge in [-0.15, -0.1) is 0 Å². The van der Waals surface area contributed by atoms with Crippen LogP contribution in [-0.2, 0) is 20.2 Å². The highest BCUT2D eigenvalue weighted by Gasteiger charge is 2.61. The molecule has 0 radical (unpaired) electrons. The zero-order valence-electron chi connectivity index (χ0n) is 8.22. The molecular weight excluding hydrogens is 212 g/mol. The number of benzene rings is 1. The highest BCUT2D eigenvalue weighted by atomic mass is 32.2. The van der Waals surface area contributed by atoms with E-state index >= 15 is 0 Å². The van der Waals surface area contributed by atoms with Crippen LogP contribution < -0.4 is 0 Å². The van der Waals surface area contributed by atoms with Crippen molar-refractivity contribution in [1.82, 2.24) is 0 Å². The number of sulfone groups is 1. The molecule has 2 atom stereocenters. The Bertz CT molecular complexity index is 480. The molecule has 0 N–H and O–H groups in total. The van der Waals surface area contributed by atoms with Gasteiger partial charge in [0.25, 0.3) is 0 Å². The minimum absolute atomic E-state index is 0.112. The van der Waals surface area contributed by atoms with Gasteiger partial charge in [0.2, 0.25) is 0 Å². The molecule has 0 aliphatic carbocycles. The third-order valence-corrected chi connectivity index (χ3v) is 4.90. The van der Waals surface area contributed by atoms with Gasteiger partial charge < -0.3 is 4.74 Å². The van der Waals surface area contributed by atoms with Crippen LogP contribution in [0.25, 0.3) is 0 Å². The van der Waals surface area contributed by atoms with Gasteiger partial charge in [0.1, 0.15) is 11.7 Å². The van der Waals surface area contributed by atoms with Crippen molar-refractivity contribution in [2.45, 2.75) is 18.1 Å². The molecule has 3 nitrogen and oxygen atoms in total. The van der Waals surface area contributed by atoms with Crippen molar-refractivity contribution in [3.63, 3.8) is 0 Å². The van der Waals surface area contributed by atoms with Gasteiger partial charge in [0, 0.05) is 0 Å². The predicted molar refractivity (Wildman–Crippen MR) is 56.3 cm³/mol. The fraction of sp³-hybridized carbons (Fsp3) is 0.455. The average molecular weight is 224 g/mol. The van der Waals surface area contributed by atoms with Crippen LogP contribution in [0, 0.1) is 0 Å². The monoisotopic (exact) mass is 224 g/mol. The molecule has 80 valence electrons. The average Bonchev–Trinajstić information content (AvgIpc) is 2.92. The van der Waals surface area contributed by atoms with E-state index in [4.69, 9.17) is 4.74 Å². The molecule has 15 heavy (non-hydrogen) atoms. The summed E-state index contributed by atoms with van der Waals surface area (Å²) in [5, 5.41) is 0. The third-order valence-electron chi connectivity index (χ3n) is 3.27. The van der Waals surface area contributed by atoms with Crippen LogP contribution in [0.15, 0.2) is 30.3 Å². The summed E-state index contributed by atoms with van der Waals surface area (Å²) in [6, 6.07) is 9.91. The minimum Gasteiger partial charge on any atom is -0.360 e. The molecule has 2 saturated heterocycles. The van der Waals surface area contributed by atoms with Crippen molar-refractivity contribution in [2.75, 3.05) is 11.5 Å². The summed E-state index contributed by atoms with van der Waals surface area (Å²) >= 11 is 0. The van der Waals surface area contributed by atoms with Crippen LogP contribution in [0.5, 0.6) is 0 Å². The second-order valence-electron chi connectivity index (χ2n) is 4.23. The van der Waals surface area contributed by atoms with Gasteiger partial charge in [0.05, 0.1) is 11.5 Å². The second-order valence-corrected chi connectivity index (χ2v) is 6.46. The van der Waals surface area contributed by atoms with Gasteiger partial charge in [-0.2, -0.15) is 0 Å². The first kappa shape index (κ1) is 9.36. The summed E-state index contributed by atoms with van der Waals surface area (Å²) in [7, 11) is -2.86. The zero-order chi connectivity index (χ0) is 10.5. The van der Waals surface area contributed by atoms with Gasteiger partial charge >= 0.3 is 0 Å². The first-order valence-electron chi connectivity index (χ1n) is 5.06. The van der Waals surface area contributed by atoms with Crippen molar-refractivity contribution >= 4 is 9.84 Å². The molecule has 0 amide bonds. The predicted octanol–water partition coefficient (Wildman–Crippen LogP) is 1.10. The zero-order valence-corrected chi connectivity index (χ0v) is 9.03. The summed E-state index contributed by atoms with van der Waals surface area (Å²) < 4.78 is 28.4. The number of hydrogen-bond donors (Lipinski definition) is 0. The van der Waals surface area contributed by atoms with Gasteiger partial charge in [-0.1, -0.05) is 30.3 Å². The maximum atomic E-state index is 11.4. The Balaban J connectivity index is 1.93. The number of ether oxygens (including phenoxy) is 1. The maximum Gasteiger partial charge on any atom is 0.153 e. The molecule has 2 fully saturated rings. The van der Waals surface area contributed by atoms with E-state index in [1.54, 1.807) is 0 Å².